The molecule has 0 amide bonds. The van der Waals surface area contributed by atoms with Gasteiger partial charge >= 0.3 is 0 Å². The summed E-state index contributed by atoms with van der Waals surface area (Å²) >= 11 is 6.13. The lowest BCUT2D eigenvalue weighted by Gasteiger charge is -2.21. The van der Waals surface area contributed by atoms with Crippen molar-refractivity contribution in [3.8, 4) is 0 Å². The number of rotatable bonds is 6. The van der Waals surface area contributed by atoms with E-state index in [1.807, 2.05) is 37.1 Å². The minimum absolute atomic E-state index is 0.201. The van der Waals surface area contributed by atoms with Crippen LogP contribution in [-0.4, -0.2) is 21.9 Å². The molecule has 23 heavy (non-hydrogen) atoms. The molecule has 117 valence electrons. The van der Waals surface area contributed by atoms with Gasteiger partial charge in [-0.05, 0) is 49.0 Å². The zero-order valence-corrected chi connectivity index (χ0v) is 13.5. The van der Waals surface area contributed by atoms with Gasteiger partial charge in [-0.1, -0.05) is 29.8 Å². The second-order valence-electron chi connectivity index (χ2n) is 5.20. The van der Waals surface area contributed by atoms with Crippen LogP contribution in [0.1, 0.15) is 11.7 Å². The van der Waals surface area contributed by atoms with Crippen molar-refractivity contribution in [3.05, 3.63) is 90.8 Å². The lowest BCUT2D eigenvalue weighted by Crippen LogP contribution is -2.13. The van der Waals surface area contributed by atoms with Gasteiger partial charge in [-0.3, -0.25) is 0 Å². The molecular formula is C18H17ClN3O. The Labute approximate surface area is 142 Å². The predicted octanol–water partition coefficient (Wildman–Crippen LogP) is 3.65. The van der Waals surface area contributed by atoms with Crippen molar-refractivity contribution in [2.45, 2.75) is 12.6 Å². The first kappa shape index (κ1) is 16.2. The summed E-state index contributed by atoms with van der Waals surface area (Å²) in [5.74, 6) is 1.13. The van der Waals surface area contributed by atoms with E-state index in [0.29, 0.717) is 11.6 Å². The molecule has 1 aromatic carbocycles. The molecule has 0 bridgehead atoms. The number of nitrogens with zero attached hydrogens (tertiary/aromatic N) is 3. The van der Waals surface area contributed by atoms with Crippen LogP contribution in [0.3, 0.4) is 0 Å². The van der Waals surface area contributed by atoms with Crippen molar-refractivity contribution in [2.24, 2.45) is 0 Å². The maximum Gasteiger partial charge on any atom is 0.137 e. The van der Waals surface area contributed by atoms with Gasteiger partial charge in [0.1, 0.15) is 18.8 Å². The quantitative estimate of drug-likeness (QED) is 0.813. The van der Waals surface area contributed by atoms with E-state index in [1.54, 1.807) is 18.1 Å². The second-order valence-corrected chi connectivity index (χ2v) is 5.64. The highest BCUT2D eigenvalue weighted by Gasteiger charge is 2.21. The van der Waals surface area contributed by atoms with Crippen molar-refractivity contribution < 1.29 is 4.74 Å². The Morgan fingerprint density at radius 1 is 1.35 bits per heavy atom. The lowest BCUT2D eigenvalue weighted by molar-refractivity contribution is 0.128. The highest BCUT2D eigenvalue weighted by atomic mass is 35.5. The van der Waals surface area contributed by atoms with E-state index in [9.17, 15) is 0 Å². The molecule has 3 rings (SSSR count). The first-order chi connectivity index (χ1) is 11.3. The number of hydrogen-bond donors (Lipinski definition) is 0. The molecule has 1 aliphatic carbocycles. The van der Waals surface area contributed by atoms with Crippen LogP contribution < -0.4 is 0 Å². The Morgan fingerprint density at radius 2 is 2.17 bits per heavy atom. The van der Waals surface area contributed by atoms with Gasteiger partial charge in [0.15, 0.2) is 0 Å². The van der Waals surface area contributed by atoms with Crippen LogP contribution in [0.5, 0.6) is 0 Å². The molecule has 5 heteroatoms. The van der Waals surface area contributed by atoms with Crippen molar-refractivity contribution in [1.82, 2.24) is 14.8 Å². The number of methoxy groups -OCH3 is 1. The van der Waals surface area contributed by atoms with Crippen molar-refractivity contribution in [3.63, 3.8) is 0 Å². The molecular weight excluding hydrogens is 310 g/mol. The van der Waals surface area contributed by atoms with Crippen LogP contribution in [0.15, 0.2) is 48.6 Å². The number of hydrogen-bond acceptors (Lipinski definition) is 3. The van der Waals surface area contributed by atoms with Gasteiger partial charge in [0, 0.05) is 18.1 Å². The summed E-state index contributed by atoms with van der Waals surface area (Å²) in [6, 6.07) is 7.73. The highest BCUT2D eigenvalue weighted by Crippen LogP contribution is 2.32. The predicted molar refractivity (Wildman–Crippen MR) is 89.8 cm³/mol. The summed E-state index contributed by atoms with van der Waals surface area (Å²) in [6.07, 6.45) is 13.3. The molecule has 1 saturated carbocycles. The molecule has 0 aliphatic heterocycles. The van der Waals surface area contributed by atoms with E-state index >= 15 is 0 Å². The Morgan fingerprint density at radius 3 is 2.83 bits per heavy atom. The van der Waals surface area contributed by atoms with E-state index in [-0.39, 0.29) is 6.10 Å². The average Bonchev–Trinajstić information content (AvgIpc) is 3.22. The molecule has 5 radical (unpaired) electrons. The minimum Gasteiger partial charge on any atom is -0.372 e. The Kier molecular flexibility index (Phi) is 5.47. The topological polar surface area (TPSA) is 39.9 Å². The molecule has 2 aromatic rings. The molecule has 0 N–H and O–H groups in total. The van der Waals surface area contributed by atoms with Gasteiger partial charge in [-0.15, -0.1) is 0 Å². The Balaban J connectivity index is 1.91. The van der Waals surface area contributed by atoms with Crippen LogP contribution in [0.25, 0.3) is 0 Å². The molecule has 1 aliphatic rings. The van der Waals surface area contributed by atoms with Gasteiger partial charge in [-0.25, -0.2) is 9.67 Å². The van der Waals surface area contributed by atoms with Gasteiger partial charge in [-0.2, -0.15) is 5.10 Å². The fourth-order valence-corrected chi connectivity index (χ4v) is 2.77. The summed E-state index contributed by atoms with van der Waals surface area (Å²) in [5.41, 5.74) is 2.09. The fraction of sp³-hybridized carbons (Fsp3) is 0.167. The third kappa shape index (κ3) is 4.21. The van der Waals surface area contributed by atoms with Crippen molar-refractivity contribution in [1.29, 1.82) is 0 Å². The average molecular weight is 327 g/mol. The molecule has 1 heterocycles. The van der Waals surface area contributed by atoms with Crippen molar-refractivity contribution in [2.75, 3.05) is 7.11 Å². The standard InChI is InChI=1S/C18H17ClN3O/c1-23-18(15-7-4-8-17(19)10-15)16(9-14-5-2-3-6-14)11-22-13-20-12-21-22/h2-10,12-13,18H,11H2,1H3/b16-9+. The number of halogens is 1. The zero-order valence-electron chi connectivity index (χ0n) is 12.8. The maximum absolute atomic E-state index is 6.13. The number of allylic oxidation sites excluding steroid dienone is 1. The highest BCUT2D eigenvalue weighted by molar-refractivity contribution is 6.30. The maximum atomic E-state index is 6.13. The molecule has 0 saturated heterocycles. The SMILES string of the molecule is COC(/C(=C/[C]1[CH][CH][CH][CH]1)Cn1cncn1)c1cccc(Cl)c1. The summed E-state index contributed by atoms with van der Waals surface area (Å²) in [7, 11) is 1.70. The summed E-state index contributed by atoms with van der Waals surface area (Å²) in [6.45, 7) is 0.593. The van der Waals surface area contributed by atoms with Crippen molar-refractivity contribution >= 4 is 11.6 Å². The smallest absolute Gasteiger partial charge is 0.137 e. The summed E-state index contributed by atoms with van der Waals surface area (Å²) < 4.78 is 7.55. The number of benzene rings is 1. The molecule has 0 spiro atoms. The van der Waals surface area contributed by atoms with E-state index < -0.39 is 0 Å². The zero-order chi connectivity index (χ0) is 16.1. The number of ether oxygens (including phenoxy) is 1. The Hall–Kier alpha value is -1.65. The van der Waals surface area contributed by atoms with Gasteiger partial charge in [0.25, 0.3) is 0 Å². The first-order valence-corrected chi connectivity index (χ1v) is 7.67. The van der Waals surface area contributed by atoms with Crippen LogP contribution in [0.4, 0.5) is 0 Å². The summed E-state index contributed by atoms with van der Waals surface area (Å²) in [5, 5.41) is 4.89. The molecule has 1 unspecified atom stereocenters. The third-order valence-corrected chi connectivity index (χ3v) is 3.81. The van der Waals surface area contributed by atoms with Gasteiger partial charge in [0.05, 0.1) is 6.54 Å². The van der Waals surface area contributed by atoms with E-state index in [2.05, 4.69) is 29.0 Å². The van der Waals surface area contributed by atoms with Crippen LogP contribution >= 0.6 is 11.6 Å². The number of aromatic nitrogens is 3. The van der Waals surface area contributed by atoms with E-state index in [0.717, 1.165) is 17.1 Å². The Bertz CT molecular complexity index is 648. The molecule has 1 fully saturated rings. The fourth-order valence-electron chi connectivity index (χ4n) is 2.58. The largest absolute Gasteiger partial charge is 0.372 e. The van der Waals surface area contributed by atoms with Gasteiger partial charge in [0.2, 0.25) is 0 Å². The van der Waals surface area contributed by atoms with Crippen LogP contribution in [0, 0.1) is 31.6 Å². The normalized spacial score (nSPS) is 17.6. The lowest BCUT2D eigenvalue weighted by atomic mass is 9.96. The minimum atomic E-state index is -0.201. The molecule has 1 atom stereocenters. The van der Waals surface area contributed by atoms with Crippen LogP contribution in [0.2, 0.25) is 5.02 Å². The summed E-state index contributed by atoms with van der Waals surface area (Å²) in [4.78, 5) is 4.01. The molecule has 4 nitrogen and oxygen atoms in total. The van der Waals surface area contributed by atoms with E-state index in [4.69, 9.17) is 16.3 Å². The monoisotopic (exact) mass is 326 g/mol. The second kappa shape index (κ2) is 7.75. The van der Waals surface area contributed by atoms with Crippen LogP contribution in [-0.2, 0) is 11.3 Å². The van der Waals surface area contributed by atoms with E-state index in [1.165, 1.54) is 6.33 Å². The first-order valence-electron chi connectivity index (χ1n) is 7.29. The third-order valence-electron chi connectivity index (χ3n) is 3.58. The molecule has 1 aromatic heterocycles. The van der Waals surface area contributed by atoms with Gasteiger partial charge < -0.3 is 4.74 Å².